The van der Waals surface area contributed by atoms with Crippen LogP contribution in [0, 0.1) is 6.92 Å². The quantitative estimate of drug-likeness (QED) is 0.684. The number of rotatable bonds is 6. The molecule has 1 amide bonds. The predicted octanol–water partition coefficient (Wildman–Crippen LogP) is 0.805. The molecule has 2 rings (SSSR count). The predicted molar refractivity (Wildman–Crippen MR) is 78.2 cm³/mol. The van der Waals surface area contributed by atoms with Crippen molar-refractivity contribution >= 4 is 17.7 Å². The van der Waals surface area contributed by atoms with E-state index in [0.717, 1.165) is 11.4 Å². The monoisotopic (exact) mass is 291 g/mol. The van der Waals surface area contributed by atoms with Crippen LogP contribution in [0.1, 0.15) is 11.4 Å². The molecule has 0 saturated heterocycles. The van der Waals surface area contributed by atoms with Crippen molar-refractivity contribution in [3.63, 3.8) is 0 Å². The molecule has 2 aromatic rings. The summed E-state index contributed by atoms with van der Waals surface area (Å²) in [6.45, 7) is 1.83. The van der Waals surface area contributed by atoms with E-state index in [9.17, 15) is 4.79 Å². The van der Waals surface area contributed by atoms with E-state index < -0.39 is 11.4 Å². The summed E-state index contributed by atoms with van der Waals surface area (Å²) in [5.41, 5.74) is 5.50. The van der Waals surface area contributed by atoms with Crippen LogP contribution in [0.15, 0.2) is 35.5 Å². The molecule has 1 atom stereocenters. The lowest BCUT2D eigenvalue weighted by molar-refractivity contribution is -0.123. The van der Waals surface area contributed by atoms with Crippen molar-refractivity contribution < 1.29 is 4.79 Å². The largest absolute Gasteiger partial charge is 0.368 e. The molecule has 0 fully saturated rings. The summed E-state index contributed by atoms with van der Waals surface area (Å²) < 4.78 is 0. The minimum atomic E-state index is -0.944. The molecule has 7 heteroatoms. The van der Waals surface area contributed by atoms with Crippen LogP contribution in [-0.4, -0.2) is 33.9 Å². The summed E-state index contributed by atoms with van der Waals surface area (Å²) in [5.74, 6) is 0.729. The van der Waals surface area contributed by atoms with Crippen LogP contribution in [0.25, 0.3) is 0 Å². The van der Waals surface area contributed by atoms with Crippen molar-refractivity contribution in [3.8, 4) is 0 Å². The van der Waals surface area contributed by atoms with Gasteiger partial charge >= 0.3 is 0 Å². The fourth-order valence-electron chi connectivity index (χ4n) is 1.92. The number of nitrogens with one attached hydrogen (secondary N) is 2. The number of aromatic amines is 1. The van der Waals surface area contributed by atoms with Crippen molar-refractivity contribution in [2.45, 2.75) is 17.6 Å². The normalized spacial score (nSPS) is 13.9. The standard InChI is InChI=1S/C13H17N5OS/c1-9-16-12(18-17-9)20-8-13(15-2,11(14)19)10-6-4-3-5-7-10/h3-7,15H,8H2,1-2H3,(H2,14,19)(H,16,17,18). The molecule has 106 valence electrons. The lowest BCUT2D eigenvalue weighted by Gasteiger charge is -2.30. The first kappa shape index (κ1) is 14.5. The number of nitrogens with two attached hydrogens (primary N) is 1. The number of primary amides is 1. The molecule has 4 N–H and O–H groups in total. The van der Waals surface area contributed by atoms with E-state index in [2.05, 4.69) is 20.5 Å². The van der Waals surface area contributed by atoms with Gasteiger partial charge in [-0.2, -0.15) is 0 Å². The second-order valence-electron chi connectivity index (χ2n) is 4.38. The Morgan fingerprint density at radius 2 is 2.15 bits per heavy atom. The Bertz CT molecular complexity index is 585. The number of hydrogen-bond acceptors (Lipinski definition) is 5. The fourth-order valence-corrected chi connectivity index (χ4v) is 3.03. The molecule has 0 radical (unpaired) electrons. The maximum absolute atomic E-state index is 12.0. The van der Waals surface area contributed by atoms with Gasteiger partial charge in [0.05, 0.1) is 0 Å². The van der Waals surface area contributed by atoms with Crippen molar-refractivity contribution in [1.82, 2.24) is 20.5 Å². The second-order valence-corrected chi connectivity index (χ2v) is 5.32. The molecule has 0 bridgehead atoms. The summed E-state index contributed by atoms with van der Waals surface area (Å²) in [6, 6.07) is 9.42. The van der Waals surface area contributed by atoms with Crippen LogP contribution in [0.3, 0.4) is 0 Å². The smallest absolute Gasteiger partial charge is 0.243 e. The fraction of sp³-hybridized carbons (Fsp3) is 0.308. The van der Waals surface area contributed by atoms with Crippen LogP contribution >= 0.6 is 11.8 Å². The van der Waals surface area contributed by atoms with Gasteiger partial charge in [-0.3, -0.25) is 9.89 Å². The molecule has 6 nitrogen and oxygen atoms in total. The van der Waals surface area contributed by atoms with Crippen molar-refractivity contribution in [2.24, 2.45) is 5.73 Å². The zero-order valence-electron chi connectivity index (χ0n) is 11.4. The summed E-state index contributed by atoms with van der Waals surface area (Å²) >= 11 is 1.38. The SMILES string of the molecule is CNC(CSc1n[nH]c(C)n1)(C(N)=O)c1ccccc1. The van der Waals surface area contributed by atoms with Gasteiger partial charge in [0, 0.05) is 5.75 Å². The van der Waals surface area contributed by atoms with Crippen LogP contribution in [0.4, 0.5) is 0 Å². The number of aromatic nitrogens is 3. The highest BCUT2D eigenvalue weighted by molar-refractivity contribution is 7.99. The van der Waals surface area contributed by atoms with Crippen LogP contribution < -0.4 is 11.1 Å². The number of amides is 1. The van der Waals surface area contributed by atoms with Gasteiger partial charge in [-0.15, -0.1) is 5.10 Å². The van der Waals surface area contributed by atoms with Gasteiger partial charge in [0.25, 0.3) is 0 Å². The lowest BCUT2D eigenvalue weighted by atomic mass is 9.91. The Hall–Kier alpha value is -1.86. The van der Waals surface area contributed by atoms with E-state index in [0.29, 0.717) is 10.9 Å². The summed E-state index contributed by atoms with van der Waals surface area (Å²) in [5, 5.41) is 10.5. The lowest BCUT2D eigenvalue weighted by Crippen LogP contribution is -2.53. The van der Waals surface area contributed by atoms with Crippen LogP contribution in [0.2, 0.25) is 0 Å². The van der Waals surface area contributed by atoms with Crippen molar-refractivity contribution in [3.05, 3.63) is 41.7 Å². The van der Waals surface area contributed by atoms with Crippen molar-refractivity contribution in [2.75, 3.05) is 12.8 Å². The minimum Gasteiger partial charge on any atom is -0.368 e. The molecule has 20 heavy (non-hydrogen) atoms. The number of likely N-dealkylation sites (N-methyl/N-ethyl adjacent to an activating group) is 1. The molecule has 1 aromatic carbocycles. The van der Waals surface area contributed by atoms with E-state index in [1.165, 1.54) is 11.8 Å². The van der Waals surface area contributed by atoms with Crippen molar-refractivity contribution in [1.29, 1.82) is 0 Å². The molecule has 1 aromatic heterocycles. The molecule has 0 aliphatic rings. The van der Waals surface area contributed by atoms with Gasteiger partial charge in [-0.1, -0.05) is 42.1 Å². The summed E-state index contributed by atoms with van der Waals surface area (Å²) in [7, 11) is 1.72. The minimum absolute atomic E-state index is 0.417. The first-order valence-electron chi connectivity index (χ1n) is 6.14. The number of carbonyl (C=O) groups excluding carboxylic acids is 1. The Kier molecular flexibility index (Phi) is 4.41. The van der Waals surface area contributed by atoms with Gasteiger partial charge in [-0.25, -0.2) is 4.98 Å². The molecule has 0 saturated carbocycles. The summed E-state index contributed by atoms with van der Waals surface area (Å²) in [4.78, 5) is 16.2. The van der Waals surface area contributed by atoms with E-state index in [4.69, 9.17) is 5.73 Å². The topological polar surface area (TPSA) is 96.7 Å². The average Bonchev–Trinajstić information content (AvgIpc) is 2.87. The Morgan fingerprint density at radius 1 is 1.45 bits per heavy atom. The highest BCUT2D eigenvalue weighted by atomic mass is 32.2. The van der Waals surface area contributed by atoms with E-state index in [-0.39, 0.29) is 0 Å². The van der Waals surface area contributed by atoms with E-state index >= 15 is 0 Å². The van der Waals surface area contributed by atoms with Gasteiger partial charge in [0.2, 0.25) is 11.1 Å². The number of nitrogens with zero attached hydrogens (tertiary/aromatic N) is 2. The highest BCUT2D eigenvalue weighted by Crippen LogP contribution is 2.28. The molecule has 0 aliphatic heterocycles. The zero-order chi connectivity index (χ0) is 14.6. The first-order chi connectivity index (χ1) is 9.58. The Labute approximate surface area is 121 Å². The average molecular weight is 291 g/mol. The third-order valence-electron chi connectivity index (χ3n) is 3.11. The van der Waals surface area contributed by atoms with Gasteiger partial charge < -0.3 is 11.1 Å². The van der Waals surface area contributed by atoms with Gasteiger partial charge in [0.1, 0.15) is 11.4 Å². The van der Waals surface area contributed by atoms with Gasteiger partial charge in [-0.05, 0) is 19.5 Å². The second kappa shape index (κ2) is 6.06. The third kappa shape index (κ3) is 2.83. The highest BCUT2D eigenvalue weighted by Gasteiger charge is 2.37. The number of hydrogen-bond donors (Lipinski definition) is 3. The molecule has 0 aliphatic carbocycles. The molecule has 1 unspecified atom stereocenters. The van der Waals surface area contributed by atoms with E-state index in [1.807, 2.05) is 37.3 Å². The number of benzene rings is 1. The number of aryl methyl sites for hydroxylation is 1. The Morgan fingerprint density at radius 3 is 2.65 bits per heavy atom. The van der Waals surface area contributed by atoms with Gasteiger partial charge in [0.15, 0.2) is 0 Å². The van der Waals surface area contributed by atoms with Crippen LogP contribution in [0.5, 0.6) is 0 Å². The van der Waals surface area contributed by atoms with E-state index in [1.54, 1.807) is 7.05 Å². The number of carbonyl (C=O) groups is 1. The first-order valence-corrected chi connectivity index (χ1v) is 7.13. The maximum Gasteiger partial charge on any atom is 0.243 e. The molecule has 0 spiro atoms. The molecule has 1 heterocycles. The zero-order valence-corrected chi connectivity index (χ0v) is 12.2. The maximum atomic E-state index is 12.0. The number of thioether (sulfide) groups is 1. The number of H-pyrrole nitrogens is 1. The molecular weight excluding hydrogens is 274 g/mol. The third-order valence-corrected chi connectivity index (χ3v) is 4.13. The summed E-state index contributed by atoms with van der Waals surface area (Å²) in [6.07, 6.45) is 0. The van der Waals surface area contributed by atoms with Crippen LogP contribution in [-0.2, 0) is 10.3 Å². The Balaban J connectivity index is 2.26. The molecular formula is C13H17N5OS.